The second-order valence-corrected chi connectivity index (χ2v) is 3.61. The molecule has 0 aromatic heterocycles. The number of benzene rings is 1. The van der Waals surface area contributed by atoms with Gasteiger partial charge in [0.1, 0.15) is 5.75 Å². The highest BCUT2D eigenvalue weighted by Gasteiger charge is 2.01. The van der Waals surface area contributed by atoms with Crippen LogP contribution >= 0.6 is 0 Å². The third-order valence-electron chi connectivity index (χ3n) is 2.47. The molecule has 0 aliphatic carbocycles. The average Bonchev–Trinajstić information content (AvgIpc) is 2.52. The molecule has 0 heterocycles. The minimum atomic E-state index is -0.396. The van der Waals surface area contributed by atoms with E-state index >= 15 is 0 Å². The second-order valence-electron chi connectivity index (χ2n) is 3.61. The van der Waals surface area contributed by atoms with Gasteiger partial charge in [0.25, 0.3) is 0 Å². The maximum Gasteiger partial charge on any atom is 0.220 e. The van der Waals surface area contributed by atoms with Crippen molar-refractivity contribution >= 4 is 0 Å². The summed E-state index contributed by atoms with van der Waals surface area (Å²) in [6.45, 7) is 0. The standard InChI is InChI=1S/C14H12O3/c1-17-12-6-2-4-10(8-12)11-5-3-7-13(15)14(16)9-11/h2-9H,1H3,(H,15,16). The number of rotatable bonds is 2. The zero-order valence-corrected chi connectivity index (χ0v) is 9.38. The summed E-state index contributed by atoms with van der Waals surface area (Å²) in [5.74, 6) is 0.477. The van der Waals surface area contributed by atoms with E-state index in [0.717, 1.165) is 16.9 Å². The van der Waals surface area contributed by atoms with E-state index in [2.05, 4.69) is 0 Å². The van der Waals surface area contributed by atoms with Gasteiger partial charge in [0.15, 0.2) is 5.75 Å². The molecular formula is C14H12O3. The zero-order chi connectivity index (χ0) is 12.3. The summed E-state index contributed by atoms with van der Waals surface area (Å²) in [6, 6.07) is 13.6. The molecule has 0 saturated carbocycles. The highest BCUT2D eigenvalue weighted by molar-refractivity contribution is 5.64. The van der Waals surface area contributed by atoms with Crippen LogP contribution in [0.1, 0.15) is 0 Å². The van der Waals surface area contributed by atoms with E-state index in [1.807, 2.05) is 24.3 Å². The van der Waals surface area contributed by atoms with Gasteiger partial charge in [-0.25, -0.2) is 0 Å². The van der Waals surface area contributed by atoms with E-state index in [0.29, 0.717) is 0 Å². The molecule has 0 atom stereocenters. The minimum Gasteiger partial charge on any atom is -0.504 e. The first-order valence-electron chi connectivity index (χ1n) is 5.18. The molecule has 0 bridgehead atoms. The Bertz CT molecular complexity index is 591. The van der Waals surface area contributed by atoms with Crippen molar-refractivity contribution in [3.8, 4) is 22.6 Å². The first-order chi connectivity index (χ1) is 8.20. The topological polar surface area (TPSA) is 46.5 Å². The third-order valence-corrected chi connectivity index (χ3v) is 2.47. The lowest BCUT2D eigenvalue weighted by molar-refractivity contribution is 0.415. The number of aromatic hydroxyl groups is 1. The molecule has 3 nitrogen and oxygen atoms in total. The molecule has 0 fully saturated rings. The van der Waals surface area contributed by atoms with Crippen LogP contribution in [-0.2, 0) is 0 Å². The summed E-state index contributed by atoms with van der Waals surface area (Å²) in [5, 5.41) is 9.31. The molecular weight excluding hydrogens is 216 g/mol. The molecule has 17 heavy (non-hydrogen) atoms. The molecule has 2 rings (SSSR count). The summed E-state index contributed by atoms with van der Waals surface area (Å²) >= 11 is 0. The molecule has 0 radical (unpaired) electrons. The van der Waals surface area contributed by atoms with Crippen LogP contribution < -0.4 is 10.2 Å². The molecule has 3 heteroatoms. The van der Waals surface area contributed by atoms with E-state index in [1.54, 1.807) is 19.2 Å². The summed E-state index contributed by atoms with van der Waals surface area (Å²) in [5.41, 5.74) is 1.22. The van der Waals surface area contributed by atoms with Crippen LogP contribution in [0.3, 0.4) is 0 Å². The van der Waals surface area contributed by atoms with Gasteiger partial charge in [-0.1, -0.05) is 24.3 Å². The highest BCUT2D eigenvalue weighted by atomic mass is 16.5. The summed E-state index contributed by atoms with van der Waals surface area (Å²) < 4.78 is 5.13. The third kappa shape index (κ3) is 2.45. The average molecular weight is 228 g/mol. The van der Waals surface area contributed by atoms with Crippen LogP contribution in [0.2, 0.25) is 0 Å². The molecule has 86 valence electrons. The maximum atomic E-state index is 11.5. The van der Waals surface area contributed by atoms with Crippen molar-refractivity contribution < 1.29 is 9.84 Å². The van der Waals surface area contributed by atoms with Crippen LogP contribution in [0.25, 0.3) is 11.1 Å². The molecule has 0 aliphatic rings. The fourth-order valence-electron chi connectivity index (χ4n) is 1.57. The van der Waals surface area contributed by atoms with Crippen molar-refractivity contribution in [1.29, 1.82) is 0 Å². The van der Waals surface area contributed by atoms with Gasteiger partial charge in [-0.3, -0.25) is 4.79 Å². The number of hydrogen-bond acceptors (Lipinski definition) is 3. The quantitative estimate of drug-likeness (QED) is 0.858. The predicted molar refractivity (Wildman–Crippen MR) is 66.4 cm³/mol. The Balaban J connectivity index is 2.57. The van der Waals surface area contributed by atoms with Crippen molar-refractivity contribution in [2.24, 2.45) is 0 Å². The molecule has 0 aliphatic heterocycles. The van der Waals surface area contributed by atoms with Crippen molar-refractivity contribution in [1.82, 2.24) is 0 Å². The zero-order valence-electron chi connectivity index (χ0n) is 9.38. The largest absolute Gasteiger partial charge is 0.504 e. The Morgan fingerprint density at radius 3 is 2.35 bits per heavy atom. The number of hydrogen-bond donors (Lipinski definition) is 1. The van der Waals surface area contributed by atoms with Gasteiger partial charge in [-0.2, -0.15) is 0 Å². The molecule has 0 spiro atoms. The van der Waals surface area contributed by atoms with Crippen LogP contribution in [0.5, 0.6) is 11.5 Å². The van der Waals surface area contributed by atoms with Gasteiger partial charge in [0, 0.05) is 0 Å². The number of methoxy groups -OCH3 is 1. The van der Waals surface area contributed by atoms with Crippen molar-refractivity contribution in [2.45, 2.75) is 0 Å². The predicted octanol–water partition coefficient (Wildman–Crippen LogP) is 2.43. The molecule has 0 saturated heterocycles. The molecule has 2 aromatic carbocycles. The summed E-state index contributed by atoms with van der Waals surface area (Å²) in [4.78, 5) is 11.5. The smallest absolute Gasteiger partial charge is 0.220 e. The molecule has 0 unspecified atom stereocenters. The van der Waals surface area contributed by atoms with Gasteiger partial charge < -0.3 is 9.84 Å². The first kappa shape index (κ1) is 11.2. The second kappa shape index (κ2) is 4.70. The van der Waals surface area contributed by atoms with E-state index < -0.39 is 5.43 Å². The van der Waals surface area contributed by atoms with E-state index in [1.165, 1.54) is 12.1 Å². The highest BCUT2D eigenvalue weighted by Crippen LogP contribution is 2.22. The van der Waals surface area contributed by atoms with Crippen molar-refractivity contribution in [3.63, 3.8) is 0 Å². The molecule has 1 N–H and O–H groups in total. The van der Waals surface area contributed by atoms with Crippen LogP contribution in [0.15, 0.2) is 53.3 Å². The SMILES string of the molecule is COc1cccc(-c2cccc(O)c(=O)c2)c1. The monoisotopic (exact) mass is 228 g/mol. The summed E-state index contributed by atoms with van der Waals surface area (Å²) in [7, 11) is 1.59. The van der Waals surface area contributed by atoms with Crippen LogP contribution in [-0.4, -0.2) is 12.2 Å². The maximum absolute atomic E-state index is 11.5. The van der Waals surface area contributed by atoms with Crippen LogP contribution in [0, 0.1) is 0 Å². The lowest BCUT2D eigenvalue weighted by Crippen LogP contribution is -1.93. The first-order valence-corrected chi connectivity index (χ1v) is 5.18. The Labute approximate surface area is 98.9 Å². The fraction of sp³-hybridized carbons (Fsp3) is 0.0714. The van der Waals surface area contributed by atoms with Crippen LogP contribution in [0.4, 0.5) is 0 Å². The number of ether oxygens (including phenoxy) is 1. The normalized spacial score (nSPS) is 9.94. The van der Waals surface area contributed by atoms with E-state index in [9.17, 15) is 9.90 Å². The molecule has 0 amide bonds. The van der Waals surface area contributed by atoms with Crippen molar-refractivity contribution in [2.75, 3.05) is 7.11 Å². The Morgan fingerprint density at radius 1 is 1.00 bits per heavy atom. The van der Waals surface area contributed by atoms with Gasteiger partial charge in [0.2, 0.25) is 5.43 Å². The van der Waals surface area contributed by atoms with Crippen molar-refractivity contribution in [3.05, 3.63) is 58.8 Å². The Kier molecular flexibility index (Phi) is 3.10. The fourth-order valence-corrected chi connectivity index (χ4v) is 1.57. The molecule has 2 aromatic rings. The summed E-state index contributed by atoms with van der Waals surface area (Å²) in [6.07, 6.45) is 0. The van der Waals surface area contributed by atoms with Gasteiger partial charge in [0.05, 0.1) is 7.11 Å². The van der Waals surface area contributed by atoms with Gasteiger partial charge in [-0.05, 0) is 35.4 Å². The van der Waals surface area contributed by atoms with E-state index in [4.69, 9.17) is 4.74 Å². The van der Waals surface area contributed by atoms with Gasteiger partial charge in [-0.15, -0.1) is 0 Å². The lowest BCUT2D eigenvalue weighted by Gasteiger charge is -2.02. The van der Waals surface area contributed by atoms with E-state index in [-0.39, 0.29) is 5.75 Å². The minimum absolute atomic E-state index is 0.251. The Morgan fingerprint density at radius 2 is 1.65 bits per heavy atom. The van der Waals surface area contributed by atoms with Gasteiger partial charge >= 0.3 is 0 Å². The lowest BCUT2D eigenvalue weighted by atomic mass is 10.1. The Hall–Kier alpha value is -2.29.